The first kappa shape index (κ1) is 24.2. The van der Waals surface area contributed by atoms with Crippen LogP contribution in [0.2, 0.25) is 0 Å². The zero-order chi connectivity index (χ0) is 24.2. The predicted molar refractivity (Wildman–Crippen MR) is 151 cm³/mol. The summed E-state index contributed by atoms with van der Waals surface area (Å²) < 4.78 is 2.62. The molecule has 33 heavy (non-hydrogen) atoms. The van der Waals surface area contributed by atoms with Gasteiger partial charge in [-0.25, -0.2) is 0 Å². The van der Waals surface area contributed by atoms with Gasteiger partial charge in [0.15, 0.2) is 0 Å². The van der Waals surface area contributed by atoms with E-state index in [0.717, 1.165) is 16.4 Å². The van der Waals surface area contributed by atoms with Gasteiger partial charge in [0, 0.05) is 9.23 Å². The van der Waals surface area contributed by atoms with Crippen LogP contribution in [0.3, 0.4) is 0 Å². The van der Waals surface area contributed by atoms with Crippen LogP contribution in [0.1, 0.15) is 31.9 Å². The minimum absolute atomic E-state index is 0.408. The van der Waals surface area contributed by atoms with E-state index in [1.54, 1.807) is 11.3 Å². The number of hydrogen-bond donors (Lipinski definition) is 0. The molecular weight excluding hydrogens is 416 g/mol. The minimum Gasteiger partial charge on any atom is -0.136 e. The zero-order valence-electron chi connectivity index (χ0n) is 19.9. The average Bonchev–Trinajstić information content (AvgIpc) is 3.31. The van der Waals surface area contributed by atoms with E-state index >= 15 is 0 Å². The minimum atomic E-state index is -0.408. The number of benzene rings is 2. The molecule has 1 aliphatic carbocycles. The van der Waals surface area contributed by atoms with E-state index in [-0.39, 0.29) is 0 Å². The van der Waals surface area contributed by atoms with Crippen LogP contribution in [0, 0.1) is 0 Å². The Kier molecular flexibility index (Phi) is 7.36. The van der Waals surface area contributed by atoms with E-state index < -0.39 is 5.41 Å². The molecule has 1 atom stereocenters. The van der Waals surface area contributed by atoms with Crippen molar-refractivity contribution in [3.05, 3.63) is 137 Å². The molecule has 0 saturated carbocycles. The Balaban J connectivity index is 0.000000215. The van der Waals surface area contributed by atoms with Crippen molar-refractivity contribution in [3.8, 4) is 0 Å². The Hall–Kier alpha value is -3.42. The van der Waals surface area contributed by atoms with Crippen LogP contribution in [-0.2, 0) is 5.41 Å². The molecule has 4 rings (SSSR count). The fourth-order valence-corrected chi connectivity index (χ4v) is 5.80. The Morgan fingerprint density at radius 3 is 2.18 bits per heavy atom. The molecule has 2 aromatic carbocycles. The van der Waals surface area contributed by atoms with Crippen molar-refractivity contribution in [1.82, 2.24) is 0 Å². The fourth-order valence-electron chi connectivity index (χ4n) is 4.76. The second-order valence-corrected chi connectivity index (χ2v) is 9.14. The molecule has 0 bridgehead atoms. The summed E-state index contributed by atoms with van der Waals surface area (Å²) in [6.45, 7) is 26.6. The number of allylic oxidation sites excluding steroid dienone is 8. The molecule has 0 spiro atoms. The Bertz CT molecular complexity index is 1420. The van der Waals surface area contributed by atoms with E-state index in [2.05, 4.69) is 120 Å². The lowest BCUT2D eigenvalue weighted by molar-refractivity contribution is 0.753. The maximum Gasteiger partial charge on any atom is 0.0662 e. The van der Waals surface area contributed by atoms with Gasteiger partial charge in [-0.15, -0.1) is 11.3 Å². The highest BCUT2D eigenvalue weighted by Gasteiger charge is 2.46. The van der Waals surface area contributed by atoms with Crippen LogP contribution >= 0.6 is 11.3 Å². The van der Waals surface area contributed by atoms with E-state index in [0.29, 0.717) is 0 Å². The standard InChI is InChI=1S/C21H22.C11H10S/c1-7-12-19-17(9-3)18-13-10-11-14-20(18)21(19,15(4)5)16(6)8-2;1-3-10-8(2)9-6-4-5-7-11(9)12-10/h7-14H,1-2,4,6H2,3,5H3;3-7H,2H2,1H3/b17-9-,19-12+;10-3+. The Morgan fingerprint density at radius 2 is 1.61 bits per heavy atom. The summed E-state index contributed by atoms with van der Waals surface area (Å²) >= 11 is 1.81. The van der Waals surface area contributed by atoms with Crippen LogP contribution in [0.25, 0.3) is 28.3 Å². The normalized spacial score (nSPS) is 19.8. The van der Waals surface area contributed by atoms with Crippen molar-refractivity contribution in [3.63, 3.8) is 0 Å². The first-order chi connectivity index (χ1) is 15.9. The van der Waals surface area contributed by atoms with Gasteiger partial charge in [0.25, 0.3) is 0 Å². The zero-order valence-corrected chi connectivity index (χ0v) is 20.8. The molecule has 3 aromatic rings. The first-order valence-electron chi connectivity index (χ1n) is 11.1. The topological polar surface area (TPSA) is 0 Å². The molecule has 0 nitrogen and oxygen atoms in total. The van der Waals surface area contributed by atoms with Gasteiger partial charge in [-0.05, 0) is 65.3 Å². The maximum atomic E-state index is 4.27. The quantitative estimate of drug-likeness (QED) is 0.281. The van der Waals surface area contributed by atoms with Gasteiger partial charge in [-0.3, -0.25) is 0 Å². The molecule has 0 radical (unpaired) electrons. The summed E-state index contributed by atoms with van der Waals surface area (Å²) in [6, 6.07) is 16.8. The summed E-state index contributed by atoms with van der Waals surface area (Å²) in [5, 5.41) is 2.45. The molecule has 0 N–H and O–H groups in total. The largest absolute Gasteiger partial charge is 0.136 e. The predicted octanol–water partition coefficient (Wildman–Crippen LogP) is 7.88. The first-order valence-corrected chi connectivity index (χ1v) is 11.9. The van der Waals surface area contributed by atoms with E-state index in [4.69, 9.17) is 0 Å². The highest BCUT2D eigenvalue weighted by Crippen LogP contribution is 2.56. The molecule has 1 heteroatoms. The Labute approximate surface area is 202 Å². The third-order valence-electron chi connectivity index (χ3n) is 6.25. The summed E-state index contributed by atoms with van der Waals surface area (Å²) in [4.78, 5) is 0. The lowest BCUT2D eigenvalue weighted by Gasteiger charge is -2.34. The van der Waals surface area contributed by atoms with Crippen LogP contribution in [0.5, 0.6) is 0 Å². The molecule has 1 unspecified atom stereocenters. The third kappa shape index (κ3) is 3.94. The molecule has 1 heterocycles. The highest BCUT2D eigenvalue weighted by atomic mass is 32.1. The fraction of sp³-hybridized carbons (Fsp3) is 0.125. The van der Waals surface area contributed by atoms with Crippen molar-refractivity contribution in [2.75, 3.05) is 0 Å². The molecule has 166 valence electrons. The van der Waals surface area contributed by atoms with Crippen molar-refractivity contribution in [2.24, 2.45) is 0 Å². The molecule has 0 amide bonds. The summed E-state index contributed by atoms with van der Waals surface area (Å²) in [5.74, 6) is 0. The maximum absolute atomic E-state index is 4.27. The van der Waals surface area contributed by atoms with Crippen molar-refractivity contribution >= 4 is 39.7 Å². The van der Waals surface area contributed by atoms with Crippen LogP contribution in [-0.4, -0.2) is 0 Å². The smallest absolute Gasteiger partial charge is 0.0662 e. The van der Waals surface area contributed by atoms with Gasteiger partial charge in [-0.1, -0.05) is 111 Å². The number of thiophene rings is 1. The summed E-state index contributed by atoms with van der Waals surface area (Å²) in [6.07, 6.45) is 10.0. The van der Waals surface area contributed by atoms with E-state index in [9.17, 15) is 0 Å². The molecule has 0 aliphatic heterocycles. The second-order valence-electron chi connectivity index (χ2n) is 8.05. The van der Waals surface area contributed by atoms with Gasteiger partial charge in [0.1, 0.15) is 0 Å². The molecule has 1 aliphatic rings. The number of rotatable bonds is 4. The molecule has 1 aromatic heterocycles. The van der Waals surface area contributed by atoms with E-state index in [1.807, 2.05) is 12.2 Å². The summed E-state index contributed by atoms with van der Waals surface area (Å²) in [5.41, 5.74) is 6.45. The lowest BCUT2D eigenvalue weighted by atomic mass is 9.68. The average molecular weight is 449 g/mol. The van der Waals surface area contributed by atoms with Gasteiger partial charge >= 0.3 is 0 Å². The van der Waals surface area contributed by atoms with E-state index in [1.165, 1.54) is 36.9 Å². The van der Waals surface area contributed by atoms with Crippen LogP contribution in [0.4, 0.5) is 0 Å². The monoisotopic (exact) mass is 448 g/mol. The van der Waals surface area contributed by atoms with Crippen molar-refractivity contribution < 1.29 is 0 Å². The third-order valence-corrected chi connectivity index (χ3v) is 7.53. The van der Waals surface area contributed by atoms with Crippen LogP contribution < -0.4 is 9.75 Å². The molecule has 0 fully saturated rings. The number of fused-ring (bicyclic) bond motifs is 2. The van der Waals surface area contributed by atoms with Gasteiger partial charge in [0.2, 0.25) is 0 Å². The Morgan fingerprint density at radius 1 is 0.939 bits per heavy atom. The highest BCUT2D eigenvalue weighted by molar-refractivity contribution is 7.17. The second kappa shape index (κ2) is 10.0. The van der Waals surface area contributed by atoms with Crippen molar-refractivity contribution in [1.29, 1.82) is 0 Å². The molecule has 0 saturated heterocycles. The SMILES string of the molecule is C=C/C=C1\C(=C/C)c2ccccc2C1(C(=C)C)C(=C)C=C.C=c1/c(=C\C)sc2ccccc12. The number of hydrogen-bond acceptors (Lipinski definition) is 1. The van der Waals surface area contributed by atoms with Gasteiger partial charge in [0.05, 0.1) is 5.41 Å². The van der Waals surface area contributed by atoms with Crippen molar-refractivity contribution in [2.45, 2.75) is 26.2 Å². The van der Waals surface area contributed by atoms with Crippen LogP contribution in [0.15, 0.2) is 116 Å². The lowest BCUT2D eigenvalue weighted by Crippen LogP contribution is -2.28. The molecular formula is C32H32S. The van der Waals surface area contributed by atoms with Gasteiger partial charge < -0.3 is 0 Å². The summed E-state index contributed by atoms with van der Waals surface area (Å²) in [7, 11) is 0. The van der Waals surface area contributed by atoms with Gasteiger partial charge in [-0.2, -0.15) is 0 Å².